The Hall–Kier alpha value is -5.05. The smallest absolute Gasteiger partial charge is 0.265 e. The first kappa shape index (κ1) is 21.5. The molecule has 0 aliphatic carbocycles. The van der Waals surface area contributed by atoms with E-state index in [1.807, 2.05) is 68.8 Å². The van der Waals surface area contributed by atoms with Crippen LogP contribution in [0.3, 0.4) is 0 Å². The Morgan fingerprint density at radius 3 is 2.67 bits per heavy atom. The van der Waals surface area contributed by atoms with Crippen molar-refractivity contribution in [3.63, 3.8) is 0 Å². The zero-order chi connectivity index (χ0) is 25.0. The summed E-state index contributed by atoms with van der Waals surface area (Å²) in [5.41, 5.74) is 11.9. The average Bonchev–Trinajstić information content (AvgIpc) is 3.51. The molecule has 0 bridgehead atoms. The number of hydrogen-bond acceptors (Lipinski definition) is 4. The first-order valence-electron chi connectivity index (χ1n) is 11.4. The van der Waals surface area contributed by atoms with Gasteiger partial charge in [0.15, 0.2) is 7.05 Å². The number of aromatic amines is 2. The molecule has 6 aromatic rings. The standard InChI is InChI=1S/C27H21N7O2/c1-15-17(7-5-9-22(15)34-14-29-21-8-4-3-6-19(21)27(34)36)18-10-11-20(25(28)35)24-23(18)31-26(32-24)16-12-30-33(2)13-16/h3-14H,1-2H3,(H3,28,31,32,35)/p+1. The fourth-order valence-corrected chi connectivity index (χ4v) is 4.65. The van der Waals surface area contributed by atoms with Crippen molar-refractivity contribution in [2.75, 3.05) is 0 Å². The molecular weight excluding hydrogens is 454 g/mol. The van der Waals surface area contributed by atoms with Crippen LogP contribution in [0.2, 0.25) is 0 Å². The number of nitrogens with zero attached hydrogens (tertiary/aromatic N) is 4. The second kappa shape index (κ2) is 8.02. The van der Waals surface area contributed by atoms with Crippen molar-refractivity contribution in [1.29, 1.82) is 0 Å². The molecule has 0 saturated heterocycles. The molecule has 9 nitrogen and oxygen atoms in total. The molecule has 1 amide bonds. The third-order valence-corrected chi connectivity index (χ3v) is 6.46. The molecule has 3 aromatic carbocycles. The summed E-state index contributed by atoms with van der Waals surface area (Å²) in [5, 5.41) is 3.63. The molecule has 0 spiro atoms. The van der Waals surface area contributed by atoms with E-state index in [9.17, 15) is 9.59 Å². The van der Waals surface area contributed by atoms with E-state index in [4.69, 9.17) is 10.7 Å². The molecule has 0 radical (unpaired) electrons. The quantitative estimate of drug-likeness (QED) is 0.338. The summed E-state index contributed by atoms with van der Waals surface area (Å²) in [6.45, 7) is 1.96. The summed E-state index contributed by atoms with van der Waals surface area (Å²) < 4.78 is 3.37. The highest BCUT2D eigenvalue weighted by atomic mass is 16.1. The summed E-state index contributed by atoms with van der Waals surface area (Å²) >= 11 is 0. The van der Waals surface area contributed by atoms with E-state index in [-0.39, 0.29) is 5.56 Å². The normalized spacial score (nSPS) is 11.4. The molecule has 0 saturated carbocycles. The number of hydrogen-bond donors (Lipinski definition) is 3. The minimum atomic E-state index is -0.552. The van der Waals surface area contributed by atoms with Crippen molar-refractivity contribution in [2.24, 2.45) is 12.8 Å². The highest BCUT2D eigenvalue weighted by Crippen LogP contribution is 2.35. The van der Waals surface area contributed by atoms with Gasteiger partial charge in [-0.2, -0.15) is 5.10 Å². The van der Waals surface area contributed by atoms with E-state index in [1.165, 1.54) is 0 Å². The van der Waals surface area contributed by atoms with Gasteiger partial charge in [0.25, 0.3) is 11.5 Å². The van der Waals surface area contributed by atoms with E-state index >= 15 is 0 Å². The van der Waals surface area contributed by atoms with Gasteiger partial charge in [0.2, 0.25) is 6.20 Å². The highest BCUT2D eigenvalue weighted by molar-refractivity contribution is 6.08. The van der Waals surface area contributed by atoms with Gasteiger partial charge < -0.3 is 10.7 Å². The van der Waals surface area contributed by atoms with E-state index in [1.54, 1.807) is 27.7 Å². The van der Waals surface area contributed by atoms with Gasteiger partial charge in [0.05, 0.1) is 33.9 Å². The Kier molecular flexibility index (Phi) is 4.78. The largest absolute Gasteiger partial charge is 0.366 e. The third-order valence-electron chi connectivity index (χ3n) is 6.46. The lowest BCUT2D eigenvalue weighted by Crippen LogP contribution is -2.27. The third kappa shape index (κ3) is 3.29. The van der Waals surface area contributed by atoms with Gasteiger partial charge in [0.1, 0.15) is 23.2 Å². The van der Waals surface area contributed by atoms with Crippen molar-refractivity contribution in [1.82, 2.24) is 24.6 Å². The van der Waals surface area contributed by atoms with E-state index in [0.717, 1.165) is 27.9 Å². The van der Waals surface area contributed by atoms with Crippen molar-refractivity contribution in [3.05, 3.63) is 94.8 Å². The van der Waals surface area contributed by atoms with Crippen LogP contribution in [0.25, 0.3) is 50.1 Å². The second-order valence-electron chi connectivity index (χ2n) is 8.69. The van der Waals surface area contributed by atoms with Crippen LogP contribution < -0.4 is 16.0 Å². The molecule has 0 unspecified atom stereocenters. The molecule has 36 heavy (non-hydrogen) atoms. The number of aryl methyl sites for hydroxylation is 1. The number of rotatable bonds is 4. The number of amides is 1. The second-order valence-corrected chi connectivity index (χ2v) is 8.69. The van der Waals surface area contributed by atoms with Crippen molar-refractivity contribution < 1.29 is 9.48 Å². The fraction of sp³-hybridized carbons (Fsp3) is 0.0741. The Morgan fingerprint density at radius 2 is 1.89 bits per heavy atom. The van der Waals surface area contributed by atoms with Gasteiger partial charge in [0, 0.05) is 5.56 Å². The Morgan fingerprint density at radius 1 is 1.06 bits per heavy atom. The number of H-pyrrole nitrogens is 2. The lowest BCUT2D eigenvalue weighted by atomic mass is 9.96. The summed E-state index contributed by atoms with van der Waals surface area (Å²) in [6, 6.07) is 16.6. The predicted octanol–water partition coefficient (Wildman–Crippen LogP) is 3.16. The molecule has 3 aromatic heterocycles. The molecule has 176 valence electrons. The van der Waals surface area contributed by atoms with Crippen LogP contribution in [0.1, 0.15) is 15.9 Å². The molecule has 3 heterocycles. The van der Waals surface area contributed by atoms with Gasteiger partial charge >= 0.3 is 0 Å². The van der Waals surface area contributed by atoms with Crippen LogP contribution >= 0.6 is 0 Å². The molecule has 4 N–H and O–H groups in total. The number of nitrogens with two attached hydrogens (primary N) is 1. The zero-order valence-electron chi connectivity index (χ0n) is 19.6. The Balaban J connectivity index is 1.58. The van der Waals surface area contributed by atoms with Gasteiger partial charge in [-0.3, -0.25) is 14.2 Å². The van der Waals surface area contributed by atoms with Gasteiger partial charge in [-0.1, -0.05) is 30.3 Å². The predicted molar refractivity (Wildman–Crippen MR) is 137 cm³/mol. The Labute approximate surface area is 204 Å². The molecule has 0 fully saturated rings. The zero-order valence-corrected chi connectivity index (χ0v) is 19.6. The van der Waals surface area contributed by atoms with Gasteiger partial charge in [-0.25, -0.2) is 9.97 Å². The first-order valence-corrected chi connectivity index (χ1v) is 11.4. The summed E-state index contributed by atoms with van der Waals surface area (Å²) in [6.07, 6.45) is 5.28. The van der Waals surface area contributed by atoms with Crippen LogP contribution in [-0.2, 0) is 7.05 Å². The van der Waals surface area contributed by atoms with Crippen LogP contribution in [0.5, 0.6) is 0 Å². The number of aromatic nitrogens is 6. The number of para-hydroxylation sites is 1. The maximum atomic E-state index is 13.3. The van der Waals surface area contributed by atoms with Crippen LogP contribution in [0.15, 0.2) is 78.1 Å². The molecule has 0 atom stereocenters. The first-order chi connectivity index (χ1) is 17.4. The monoisotopic (exact) mass is 476 g/mol. The Bertz CT molecular complexity index is 1880. The molecule has 9 heteroatoms. The van der Waals surface area contributed by atoms with Crippen molar-refractivity contribution in [2.45, 2.75) is 6.92 Å². The average molecular weight is 477 g/mol. The lowest BCUT2D eigenvalue weighted by Gasteiger charge is -2.14. The molecular formula is C27H22N7O2+. The van der Waals surface area contributed by atoms with Gasteiger partial charge in [-0.15, -0.1) is 4.68 Å². The van der Waals surface area contributed by atoms with Crippen LogP contribution in [0, 0.1) is 6.92 Å². The minimum Gasteiger partial charge on any atom is -0.366 e. The van der Waals surface area contributed by atoms with E-state index in [2.05, 4.69) is 15.1 Å². The number of carbonyl (C=O) groups is 1. The van der Waals surface area contributed by atoms with Crippen molar-refractivity contribution >= 4 is 27.8 Å². The number of benzene rings is 3. The van der Waals surface area contributed by atoms with Gasteiger partial charge in [-0.05, 0) is 42.3 Å². The lowest BCUT2D eigenvalue weighted by molar-refractivity contribution is -0.726. The summed E-state index contributed by atoms with van der Waals surface area (Å²) in [7, 11) is 1.88. The molecule has 6 rings (SSSR count). The topological polar surface area (TPSA) is 126 Å². The summed E-state index contributed by atoms with van der Waals surface area (Å²) in [5.74, 6) is 0.0593. The van der Waals surface area contributed by atoms with E-state index < -0.39 is 5.91 Å². The molecule has 0 aliphatic heterocycles. The van der Waals surface area contributed by atoms with Crippen LogP contribution in [0.4, 0.5) is 0 Å². The van der Waals surface area contributed by atoms with Crippen molar-refractivity contribution in [3.8, 4) is 28.2 Å². The highest BCUT2D eigenvalue weighted by Gasteiger charge is 2.20. The minimum absolute atomic E-state index is 0.140. The van der Waals surface area contributed by atoms with Crippen LogP contribution in [-0.4, -0.2) is 30.5 Å². The maximum absolute atomic E-state index is 13.3. The fourth-order valence-electron chi connectivity index (χ4n) is 4.65. The van der Waals surface area contributed by atoms with E-state index in [0.29, 0.717) is 33.3 Å². The SMILES string of the molecule is Cc1c(-c2ccc(C(N)=O)c3nc(-c4c[nH][n+](C)c4)[nH]c23)cccc1-n1cnc2ccccc2c1=O. The number of imidazole rings is 1. The number of fused-ring (bicyclic) bond motifs is 2. The molecule has 0 aliphatic rings. The number of nitrogens with one attached hydrogen (secondary N) is 2. The number of carbonyl (C=O) groups excluding carboxylic acids is 1. The summed E-state index contributed by atoms with van der Waals surface area (Å²) in [4.78, 5) is 38.0. The number of primary amides is 1. The maximum Gasteiger partial charge on any atom is 0.265 e.